The van der Waals surface area contributed by atoms with Gasteiger partial charge in [0.2, 0.25) is 0 Å². The smallest absolute Gasteiger partial charge is 0.0652 e. The van der Waals surface area contributed by atoms with Gasteiger partial charge in [-0.15, -0.1) is 0 Å². The zero-order chi connectivity index (χ0) is 7.56. The van der Waals surface area contributed by atoms with Crippen molar-refractivity contribution in [3.8, 4) is 0 Å². The van der Waals surface area contributed by atoms with Crippen molar-refractivity contribution in [2.24, 2.45) is 4.99 Å². The van der Waals surface area contributed by atoms with Crippen LogP contribution in [0.3, 0.4) is 0 Å². The number of rotatable bonds is 0. The fourth-order valence-electron chi connectivity index (χ4n) is 0.745. The van der Waals surface area contributed by atoms with Crippen LogP contribution in [0, 0.1) is 0 Å². The molecular weight excluding hydrogens is 146 g/mol. The Labute approximate surface area is 65.4 Å². The Bertz CT molecular complexity index is 246. The fourth-order valence-corrected chi connectivity index (χ4v) is 0.912. The van der Waals surface area contributed by atoms with E-state index in [4.69, 9.17) is 11.6 Å². The minimum atomic E-state index is 0.702. The van der Waals surface area contributed by atoms with Gasteiger partial charge in [0.15, 0.2) is 0 Å². The molecule has 52 valence electrons. The number of halogens is 1. The standard InChI is InChI=1S/C8H8ClN/c1-6-3-4-7(9)5-8(6)10-2/h3-5H,1H2,2H3. The van der Waals surface area contributed by atoms with Crippen LogP contribution < -0.4 is 0 Å². The second-order valence-electron chi connectivity index (χ2n) is 2.00. The summed E-state index contributed by atoms with van der Waals surface area (Å²) in [7, 11) is 1.72. The first-order valence-electron chi connectivity index (χ1n) is 2.95. The molecule has 2 heteroatoms. The summed E-state index contributed by atoms with van der Waals surface area (Å²) in [5.41, 5.74) is 1.76. The Balaban J connectivity index is 2.99. The molecule has 0 unspecified atom stereocenters. The van der Waals surface area contributed by atoms with Crippen LogP contribution >= 0.6 is 11.6 Å². The van der Waals surface area contributed by atoms with E-state index in [9.17, 15) is 0 Å². The van der Waals surface area contributed by atoms with Gasteiger partial charge in [-0.05, 0) is 17.7 Å². The van der Waals surface area contributed by atoms with Crippen LogP contribution in [-0.2, 0) is 0 Å². The summed E-state index contributed by atoms with van der Waals surface area (Å²) in [6, 6.07) is 0. The van der Waals surface area contributed by atoms with E-state index in [0.29, 0.717) is 5.03 Å². The molecule has 1 aliphatic rings. The maximum Gasteiger partial charge on any atom is 0.0652 e. The van der Waals surface area contributed by atoms with Crippen molar-refractivity contribution in [2.75, 3.05) is 7.05 Å². The first-order valence-corrected chi connectivity index (χ1v) is 3.33. The van der Waals surface area contributed by atoms with Gasteiger partial charge in [0.1, 0.15) is 0 Å². The van der Waals surface area contributed by atoms with Crippen molar-refractivity contribution in [2.45, 2.75) is 0 Å². The predicted octanol–water partition coefficient (Wildman–Crippen LogP) is 2.31. The maximum absolute atomic E-state index is 5.71. The van der Waals surface area contributed by atoms with E-state index in [0.717, 1.165) is 11.3 Å². The summed E-state index contributed by atoms with van der Waals surface area (Å²) in [5, 5.41) is 0.702. The Kier molecular flexibility index (Phi) is 2.07. The van der Waals surface area contributed by atoms with Crippen molar-refractivity contribution in [3.63, 3.8) is 0 Å². The second kappa shape index (κ2) is 2.84. The monoisotopic (exact) mass is 153 g/mol. The average Bonchev–Trinajstić information content (AvgIpc) is 1.94. The number of hydrogen-bond donors (Lipinski definition) is 0. The van der Waals surface area contributed by atoms with Crippen molar-refractivity contribution in [1.82, 2.24) is 0 Å². The molecule has 1 aliphatic carbocycles. The maximum atomic E-state index is 5.71. The minimum Gasteiger partial charge on any atom is -0.288 e. The summed E-state index contributed by atoms with van der Waals surface area (Å²) in [6.07, 6.45) is 5.45. The zero-order valence-corrected chi connectivity index (χ0v) is 6.52. The highest BCUT2D eigenvalue weighted by atomic mass is 35.5. The van der Waals surface area contributed by atoms with Gasteiger partial charge in [-0.25, -0.2) is 0 Å². The van der Waals surface area contributed by atoms with Crippen molar-refractivity contribution in [3.05, 3.63) is 35.4 Å². The topological polar surface area (TPSA) is 12.4 Å². The number of hydrogen-bond acceptors (Lipinski definition) is 1. The predicted molar refractivity (Wildman–Crippen MR) is 45.6 cm³/mol. The molecule has 0 heterocycles. The molecule has 0 amide bonds. The zero-order valence-electron chi connectivity index (χ0n) is 5.76. The van der Waals surface area contributed by atoms with Crippen LogP contribution in [-0.4, -0.2) is 12.8 Å². The van der Waals surface area contributed by atoms with Gasteiger partial charge in [-0.1, -0.05) is 24.3 Å². The van der Waals surface area contributed by atoms with Gasteiger partial charge in [0.05, 0.1) is 5.71 Å². The number of allylic oxidation sites excluding steroid dienone is 5. The highest BCUT2D eigenvalue weighted by Crippen LogP contribution is 2.14. The quantitative estimate of drug-likeness (QED) is 0.507. The summed E-state index contributed by atoms with van der Waals surface area (Å²) >= 11 is 5.71. The van der Waals surface area contributed by atoms with E-state index in [2.05, 4.69) is 11.6 Å². The minimum absolute atomic E-state index is 0.702. The van der Waals surface area contributed by atoms with Gasteiger partial charge in [0, 0.05) is 12.1 Å². The van der Waals surface area contributed by atoms with Gasteiger partial charge in [0.25, 0.3) is 0 Å². The lowest BCUT2D eigenvalue weighted by Crippen LogP contribution is -1.99. The lowest BCUT2D eigenvalue weighted by Gasteiger charge is -2.04. The third-order valence-electron chi connectivity index (χ3n) is 1.29. The molecule has 0 bridgehead atoms. The highest BCUT2D eigenvalue weighted by Gasteiger charge is 2.02. The average molecular weight is 154 g/mol. The van der Waals surface area contributed by atoms with E-state index < -0.39 is 0 Å². The summed E-state index contributed by atoms with van der Waals surface area (Å²) in [6.45, 7) is 3.78. The van der Waals surface area contributed by atoms with Crippen LogP contribution in [0.5, 0.6) is 0 Å². The van der Waals surface area contributed by atoms with E-state index in [1.165, 1.54) is 0 Å². The van der Waals surface area contributed by atoms with E-state index in [1.54, 1.807) is 19.2 Å². The van der Waals surface area contributed by atoms with Crippen LogP contribution in [0.1, 0.15) is 0 Å². The Morgan fingerprint density at radius 2 is 2.20 bits per heavy atom. The van der Waals surface area contributed by atoms with Crippen molar-refractivity contribution < 1.29 is 0 Å². The summed E-state index contributed by atoms with van der Waals surface area (Å²) in [5.74, 6) is 0. The molecule has 1 rings (SSSR count). The van der Waals surface area contributed by atoms with Gasteiger partial charge < -0.3 is 0 Å². The third kappa shape index (κ3) is 1.36. The summed E-state index contributed by atoms with van der Waals surface area (Å²) < 4.78 is 0. The molecule has 0 fully saturated rings. The van der Waals surface area contributed by atoms with Crippen LogP contribution in [0.25, 0.3) is 0 Å². The first-order chi connectivity index (χ1) is 4.74. The largest absolute Gasteiger partial charge is 0.288 e. The molecule has 0 atom stereocenters. The van der Waals surface area contributed by atoms with Gasteiger partial charge >= 0.3 is 0 Å². The normalized spacial score (nSPS) is 21.6. The van der Waals surface area contributed by atoms with Crippen LogP contribution in [0.4, 0.5) is 0 Å². The number of nitrogens with zero attached hydrogens (tertiary/aromatic N) is 1. The molecule has 10 heavy (non-hydrogen) atoms. The van der Waals surface area contributed by atoms with Crippen molar-refractivity contribution >= 4 is 17.3 Å². The molecule has 0 N–H and O–H groups in total. The summed E-state index contributed by atoms with van der Waals surface area (Å²) in [4.78, 5) is 3.98. The van der Waals surface area contributed by atoms with Gasteiger partial charge in [-0.3, -0.25) is 4.99 Å². The van der Waals surface area contributed by atoms with E-state index >= 15 is 0 Å². The lowest BCUT2D eigenvalue weighted by molar-refractivity contribution is 1.43. The molecule has 0 aromatic rings. The fraction of sp³-hybridized carbons (Fsp3) is 0.125. The second-order valence-corrected chi connectivity index (χ2v) is 2.43. The van der Waals surface area contributed by atoms with Crippen LogP contribution in [0.2, 0.25) is 0 Å². The SMILES string of the molecule is C=C1C=CC(Cl)=CC1=NC. The van der Waals surface area contributed by atoms with Crippen molar-refractivity contribution in [1.29, 1.82) is 0 Å². The molecule has 0 saturated carbocycles. The van der Waals surface area contributed by atoms with E-state index in [1.807, 2.05) is 6.08 Å². The number of aliphatic imine (C=N–C) groups is 1. The van der Waals surface area contributed by atoms with Gasteiger partial charge in [-0.2, -0.15) is 0 Å². The highest BCUT2D eigenvalue weighted by molar-refractivity contribution is 6.34. The lowest BCUT2D eigenvalue weighted by atomic mass is 10.1. The Morgan fingerprint density at radius 3 is 2.70 bits per heavy atom. The van der Waals surface area contributed by atoms with E-state index in [-0.39, 0.29) is 0 Å². The molecule has 0 spiro atoms. The molecule has 0 aromatic heterocycles. The molecule has 0 saturated heterocycles. The molecule has 1 nitrogen and oxygen atoms in total. The third-order valence-corrected chi connectivity index (χ3v) is 1.52. The first kappa shape index (κ1) is 7.29. The molecule has 0 radical (unpaired) electrons. The Morgan fingerprint density at radius 1 is 1.50 bits per heavy atom. The molecular formula is C8H8ClN. The van der Waals surface area contributed by atoms with Crippen LogP contribution in [0.15, 0.2) is 40.4 Å². The Hall–Kier alpha value is -0.820. The molecule has 0 aromatic carbocycles. The molecule has 0 aliphatic heterocycles.